The summed E-state index contributed by atoms with van der Waals surface area (Å²) in [5.74, 6) is -1.83. The Morgan fingerprint density at radius 1 is 0.302 bits per heavy atom. The number of unbranched alkanes of at least 4 members (excludes halogenated alkanes) is 27. The third kappa shape index (κ3) is 43.9. The minimum Gasteiger partial charge on any atom is -0.550 e. The molecule has 0 bridgehead atoms. The second-order valence-corrected chi connectivity index (χ2v) is 12.5. The topological polar surface area (TPSA) is 80.3 Å². The molecule has 0 aromatic carbocycles. The third-order valence-corrected chi connectivity index (χ3v) is 8.33. The number of hydrogen-bond acceptors (Lipinski definition) is 4. The van der Waals surface area contributed by atoms with E-state index in [2.05, 4.69) is 24.3 Å². The van der Waals surface area contributed by atoms with Gasteiger partial charge in [-0.05, 0) is 77.0 Å². The zero-order valence-corrected chi connectivity index (χ0v) is 30.5. The number of allylic oxidation sites excluding steroid dienone is 4. The van der Waals surface area contributed by atoms with Crippen LogP contribution in [0.1, 0.15) is 205 Å². The van der Waals surface area contributed by atoms with Gasteiger partial charge in [0, 0.05) is 11.9 Å². The van der Waals surface area contributed by atoms with Crippen LogP contribution in [0.15, 0.2) is 24.3 Å². The van der Waals surface area contributed by atoms with Crippen molar-refractivity contribution < 1.29 is 19.8 Å². The number of hydrogen-bond donors (Lipinski definition) is 0. The number of carboxylic acid groups (broad SMARTS) is 2. The first kappa shape index (κ1) is 44.8. The quantitative estimate of drug-likeness (QED) is 0.0397. The molecule has 5 heteroatoms. The molecule has 0 aromatic rings. The Hall–Kier alpha value is -0.320. The summed E-state index contributed by atoms with van der Waals surface area (Å²) in [7, 11) is 0. The van der Waals surface area contributed by atoms with Crippen molar-refractivity contribution in [2.45, 2.75) is 205 Å². The summed E-state index contributed by atoms with van der Waals surface area (Å²) >= 11 is 0. The van der Waals surface area contributed by atoms with Gasteiger partial charge < -0.3 is 19.8 Å². The standard InChI is InChI=1S/C38H70O4.Ca/c39-37(40)35-33-31-29-27-25-23-21-19-17-15-13-11-9-7-5-3-1-2-4-6-8-10-12-14-16-18-20-22-24-26-28-30-32-34-36-38(41)42;/h19-22H,1-18,23-36H2,(H,39,40)(H,41,42);/q;+2/p-2. The predicted molar refractivity (Wildman–Crippen MR) is 182 cm³/mol. The Morgan fingerprint density at radius 3 is 0.651 bits per heavy atom. The van der Waals surface area contributed by atoms with Crippen LogP contribution in [-0.2, 0) is 9.59 Å². The van der Waals surface area contributed by atoms with Crippen molar-refractivity contribution in [3.63, 3.8) is 0 Å². The molecule has 0 spiro atoms. The predicted octanol–water partition coefficient (Wildman–Crippen LogP) is 9.70. The van der Waals surface area contributed by atoms with Crippen LogP contribution in [0.2, 0.25) is 0 Å². The van der Waals surface area contributed by atoms with E-state index < -0.39 is 11.9 Å². The molecule has 0 N–H and O–H groups in total. The van der Waals surface area contributed by atoms with Gasteiger partial charge >= 0.3 is 37.7 Å². The first-order valence-electron chi connectivity index (χ1n) is 18.3. The van der Waals surface area contributed by atoms with E-state index in [9.17, 15) is 19.8 Å². The Balaban J connectivity index is 0. The monoisotopic (exact) mass is 628 g/mol. The summed E-state index contributed by atoms with van der Waals surface area (Å²) in [6.45, 7) is 0. The van der Waals surface area contributed by atoms with Crippen LogP contribution in [0.3, 0.4) is 0 Å². The van der Waals surface area contributed by atoms with Crippen LogP contribution in [0.5, 0.6) is 0 Å². The van der Waals surface area contributed by atoms with Crippen molar-refractivity contribution in [2.75, 3.05) is 0 Å². The van der Waals surface area contributed by atoms with E-state index in [0.717, 1.165) is 38.5 Å². The van der Waals surface area contributed by atoms with Crippen molar-refractivity contribution in [1.82, 2.24) is 0 Å². The van der Waals surface area contributed by atoms with Crippen LogP contribution in [-0.4, -0.2) is 49.7 Å². The fourth-order valence-corrected chi connectivity index (χ4v) is 5.59. The van der Waals surface area contributed by atoms with Gasteiger partial charge in [-0.3, -0.25) is 0 Å². The minimum atomic E-state index is -0.916. The Bertz CT molecular complexity index is 577. The fourth-order valence-electron chi connectivity index (χ4n) is 5.59. The molecule has 0 heterocycles. The van der Waals surface area contributed by atoms with Gasteiger partial charge in [-0.15, -0.1) is 0 Å². The van der Waals surface area contributed by atoms with E-state index in [0.29, 0.717) is 0 Å². The van der Waals surface area contributed by atoms with Crippen molar-refractivity contribution in [1.29, 1.82) is 0 Å². The summed E-state index contributed by atoms with van der Waals surface area (Å²) in [5.41, 5.74) is 0. The normalized spacial score (nSPS) is 11.4. The molecule has 0 radical (unpaired) electrons. The molecular formula is C38H68CaO4. The molecule has 0 saturated carbocycles. The summed E-state index contributed by atoms with van der Waals surface area (Å²) in [5, 5.41) is 20.7. The first-order chi connectivity index (χ1) is 20.6. The SMILES string of the molecule is O=C([O-])CCCCCCCC=CCCCCCCCCCCCCCCCCCCC=CCCCCCCCC(=O)[O-].[Ca+2]. The van der Waals surface area contributed by atoms with Crippen LogP contribution >= 0.6 is 0 Å². The number of aliphatic carboxylic acids is 2. The summed E-state index contributed by atoms with van der Waals surface area (Å²) < 4.78 is 0. The van der Waals surface area contributed by atoms with Gasteiger partial charge in [0.1, 0.15) is 0 Å². The van der Waals surface area contributed by atoms with Crippen LogP contribution in [0, 0.1) is 0 Å². The fraction of sp³-hybridized carbons (Fsp3) is 0.842. The number of carbonyl (C=O) groups is 2. The Kier molecular flexibility index (Phi) is 41.4. The molecule has 0 atom stereocenters. The Morgan fingerprint density at radius 2 is 0.465 bits per heavy atom. The zero-order valence-electron chi connectivity index (χ0n) is 28.3. The van der Waals surface area contributed by atoms with E-state index in [4.69, 9.17) is 0 Å². The van der Waals surface area contributed by atoms with E-state index >= 15 is 0 Å². The summed E-state index contributed by atoms with van der Waals surface area (Å²) in [4.78, 5) is 20.7. The molecule has 0 saturated heterocycles. The number of rotatable bonds is 35. The maximum Gasteiger partial charge on any atom is 2.00 e. The van der Waals surface area contributed by atoms with Gasteiger partial charge in [0.2, 0.25) is 0 Å². The van der Waals surface area contributed by atoms with Crippen molar-refractivity contribution in [2.24, 2.45) is 0 Å². The molecule has 0 rings (SSSR count). The summed E-state index contributed by atoms with van der Waals surface area (Å²) in [6, 6.07) is 0. The van der Waals surface area contributed by atoms with E-state index in [-0.39, 0.29) is 50.6 Å². The molecule has 4 nitrogen and oxygen atoms in total. The molecule has 43 heavy (non-hydrogen) atoms. The molecule has 0 aliphatic heterocycles. The molecule has 0 aromatic heterocycles. The van der Waals surface area contributed by atoms with Crippen LogP contribution < -0.4 is 10.2 Å². The maximum absolute atomic E-state index is 10.4. The van der Waals surface area contributed by atoms with Gasteiger partial charge in [-0.1, -0.05) is 153 Å². The minimum absolute atomic E-state index is 0. The maximum atomic E-state index is 10.4. The molecule has 0 aliphatic rings. The van der Waals surface area contributed by atoms with Crippen LogP contribution in [0.4, 0.5) is 0 Å². The average molecular weight is 629 g/mol. The second-order valence-electron chi connectivity index (χ2n) is 12.5. The van der Waals surface area contributed by atoms with Crippen molar-refractivity contribution in [3.05, 3.63) is 24.3 Å². The first-order valence-corrected chi connectivity index (χ1v) is 18.3. The van der Waals surface area contributed by atoms with Gasteiger partial charge in [-0.25, -0.2) is 0 Å². The Labute approximate surface area is 297 Å². The van der Waals surface area contributed by atoms with E-state index in [1.54, 1.807) is 0 Å². The molecule has 0 amide bonds. The van der Waals surface area contributed by atoms with Gasteiger partial charge in [-0.2, -0.15) is 0 Å². The molecule has 246 valence electrons. The molecule has 0 aliphatic carbocycles. The number of carboxylic acids is 2. The van der Waals surface area contributed by atoms with E-state index in [1.165, 1.54) is 154 Å². The van der Waals surface area contributed by atoms with Gasteiger partial charge in [0.15, 0.2) is 0 Å². The smallest absolute Gasteiger partial charge is 0.550 e. The average Bonchev–Trinajstić information content (AvgIpc) is 2.96. The summed E-state index contributed by atoms with van der Waals surface area (Å²) in [6.07, 6.45) is 47.7. The third-order valence-electron chi connectivity index (χ3n) is 8.33. The van der Waals surface area contributed by atoms with Gasteiger partial charge in [0.05, 0.1) is 0 Å². The van der Waals surface area contributed by atoms with Crippen LogP contribution in [0.25, 0.3) is 0 Å². The van der Waals surface area contributed by atoms with Crippen molar-refractivity contribution in [3.8, 4) is 0 Å². The molecule has 0 fully saturated rings. The number of carbonyl (C=O) groups excluding carboxylic acids is 2. The second kappa shape index (κ2) is 39.7. The van der Waals surface area contributed by atoms with Gasteiger partial charge in [0.25, 0.3) is 0 Å². The van der Waals surface area contributed by atoms with E-state index in [1.807, 2.05) is 0 Å². The van der Waals surface area contributed by atoms with Crippen molar-refractivity contribution >= 4 is 49.7 Å². The molecule has 0 unspecified atom stereocenters. The largest absolute Gasteiger partial charge is 2.00 e. The zero-order chi connectivity index (χ0) is 30.6. The molecular weight excluding hydrogens is 560 g/mol.